The van der Waals surface area contributed by atoms with E-state index in [0.29, 0.717) is 23.1 Å². The molecule has 1 aliphatic heterocycles. The number of nitrogens with one attached hydrogen (secondary N) is 1. The van der Waals surface area contributed by atoms with Crippen molar-refractivity contribution in [1.29, 1.82) is 0 Å². The summed E-state index contributed by atoms with van der Waals surface area (Å²) in [6.07, 6.45) is 3.19. The zero-order valence-corrected chi connectivity index (χ0v) is 17.7. The summed E-state index contributed by atoms with van der Waals surface area (Å²) in [5, 5.41) is 10.9. The van der Waals surface area contributed by atoms with Crippen LogP contribution in [0.1, 0.15) is 16.1 Å². The Morgan fingerprint density at radius 2 is 1.85 bits per heavy atom. The first-order valence-corrected chi connectivity index (χ1v) is 10.5. The van der Waals surface area contributed by atoms with Crippen LogP contribution < -0.4 is 5.32 Å². The molecule has 3 amide bonds. The zero-order chi connectivity index (χ0) is 23.5. The number of nitrogens with zero attached hydrogens (tertiary/aromatic N) is 2. The summed E-state index contributed by atoms with van der Waals surface area (Å²) in [5.74, 6) is -3.06. The molecule has 166 valence electrons. The second-order valence-corrected chi connectivity index (χ2v) is 7.95. The van der Waals surface area contributed by atoms with Crippen LogP contribution in [0.5, 0.6) is 0 Å². The number of hydrogen-bond donors (Lipinski definition) is 2. The highest BCUT2D eigenvalue weighted by molar-refractivity contribution is 8.18. The third-order valence-corrected chi connectivity index (χ3v) is 5.66. The molecular formula is C23H16FN3O5S. The SMILES string of the molecule is O=C(CN1C(=O)S/C(=C\c2cccn2-c2cccc(C(=O)O)c2)C1=O)Nc1ccccc1F. The van der Waals surface area contributed by atoms with Gasteiger partial charge in [0, 0.05) is 17.6 Å². The maximum Gasteiger partial charge on any atom is 0.335 e. The molecule has 4 rings (SSSR count). The normalized spacial score (nSPS) is 14.7. The van der Waals surface area contributed by atoms with E-state index in [0.717, 1.165) is 4.90 Å². The summed E-state index contributed by atoms with van der Waals surface area (Å²) >= 11 is 0.680. The van der Waals surface area contributed by atoms with Gasteiger partial charge in [0.15, 0.2) is 0 Å². The summed E-state index contributed by atoms with van der Waals surface area (Å²) in [4.78, 5) is 49.5. The van der Waals surface area contributed by atoms with Crippen molar-refractivity contribution in [2.75, 3.05) is 11.9 Å². The standard InChI is InChI=1S/C23H16FN3O5S/c24-17-8-1-2-9-18(17)25-20(28)13-27-21(29)19(33-23(27)32)12-16-7-4-10-26(16)15-6-3-5-14(11-15)22(30)31/h1-12H,13H2,(H,25,28)(H,30,31)/b19-12-. The highest BCUT2D eigenvalue weighted by Gasteiger charge is 2.36. The van der Waals surface area contributed by atoms with Gasteiger partial charge in [0.2, 0.25) is 5.91 Å². The number of carbonyl (C=O) groups excluding carboxylic acids is 3. The Hall–Kier alpha value is -4.18. The number of halogens is 1. The first-order chi connectivity index (χ1) is 15.8. The number of aromatic carboxylic acids is 1. The van der Waals surface area contributed by atoms with Crippen LogP contribution in [0.2, 0.25) is 0 Å². The third kappa shape index (κ3) is 4.70. The van der Waals surface area contributed by atoms with Gasteiger partial charge in [-0.2, -0.15) is 0 Å². The molecule has 0 bridgehead atoms. The van der Waals surface area contributed by atoms with E-state index in [9.17, 15) is 28.7 Å². The predicted molar refractivity (Wildman–Crippen MR) is 120 cm³/mol. The second-order valence-electron chi connectivity index (χ2n) is 6.95. The van der Waals surface area contributed by atoms with Crippen LogP contribution in [0.3, 0.4) is 0 Å². The summed E-state index contributed by atoms with van der Waals surface area (Å²) in [6, 6.07) is 15.2. The number of para-hydroxylation sites is 1. The molecular weight excluding hydrogens is 449 g/mol. The number of imide groups is 1. The number of thioether (sulfide) groups is 1. The molecule has 0 unspecified atom stereocenters. The molecule has 0 spiro atoms. The van der Waals surface area contributed by atoms with Gasteiger partial charge >= 0.3 is 5.97 Å². The lowest BCUT2D eigenvalue weighted by Crippen LogP contribution is -2.36. The Balaban J connectivity index is 1.53. The number of hydrogen-bond acceptors (Lipinski definition) is 5. The van der Waals surface area contributed by atoms with E-state index in [-0.39, 0.29) is 16.2 Å². The smallest absolute Gasteiger partial charge is 0.335 e. The van der Waals surface area contributed by atoms with E-state index >= 15 is 0 Å². The van der Waals surface area contributed by atoms with Crippen LogP contribution in [-0.2, 0) is 9.59 Å². The molecule has 8 nitrogen and oxygen atoms in total. The minimum absolute atomic E-state index is 0.0496. The fraction of sp³-hybridized carbons (Fsp3) is 0.0435. The molecule has 0 aliphatic carbocycles. The van der Waals surface area contributed by atoms with E-state index in [1.54, 1.807) is 41.1 Å². The molecule has 33 heavy (non-hydrogen) atoms. The summed E-state index contributed by atoms with van der Waals surface area (Å²) in [7, 11) is 0. The van der Waals surface area contributed by atoms with Crippen LogP contribution in [-0.4, -0.2) is 44.1 Å². The monoisotopic (exact) mass is 465 g/mol. The summed E-state index contributed by atoms with van der Waals surface area (Å²) in [6.45, 7) is -0.558. The summed E-state index contributed by atoms with van der Waals surface area (Å²) < 4.78 is 15.4. The number of rotatable bonds is 6. The minimum Gasteiger partial charge on any atom is -0.478 e. The van der Waals surface area contributed by atoms with Gasteiger partial charge in [0.25, 0.3) is 11.1 Å². The molecule has 1 aromatic heterocycles. The van der Waals surface area contributed by atoms with E-state index in [1.807, 2.05) is 0 Å². The zero-order valence-electron chi connectivity index (χ0n) is 16.9. The number of aromatic nitrogens is 1. The molecule has 2 N–H and O–H groups in total. The minimum atomic E-state index is -1.07. The van der Waals surface area contributed by atoms with Crippen molar-refractivity contribution >= 4 is 46.5 Å². The van der Waals surface area contributed by atoms with Crippen molar-refractivity contribution in [2.24, 2.45) is 0 Å². The van der Waals surface area contributed by atoms with Gasteiger partial charge in [0.1, 0.15) is 12.4 Å². The quantitative estimate of drug-likeness (QED) is 0.533. The number of anilines is 1. The molecule has 1 saturated heterocycles. The Morgan fingerprint density at radius 1 is 1.06 bits per heavy atom. The largest absolute Gasteiger partial charge is 0.478 e. The van der Waals surface area contributed by atoms with Crippen molar-refractivity contribution in [2.45, 2.75) is 0 Å². The Kier molecular flexibility index (Phi) is 6.09. The third-order valence-electron chi connectivity index (χ3n) is 4.75. The highest BCUT2D eigenvalue weighted by atomic mass is 32.2. The van der Waals surface area contributed by atoms with E-state index in [4.69, 9.17) is 0 Å². The van der Waals surface area contributed by atoms with Crippen molar-refractivity contribution < 1.29 is 28.7 Å². The second kappa shape index (κ2) is 9.13. The maximum absolute atomic E-state index is 13.7. The predicted octanol–water partition coefficient (Wildman–Crippen LogP) is 3.99. The average Bonchev–Trinajstić information content (AvgIpc) is 3.35. The van der Waals surface area contributed by atoms with E-state index in [1.165, 1.54) is 36.4 Å². The molecule has 0 atom stereocenters. The van der Waals surface area contributed by atoms with E-state index < -0.39 is 35.4 Å². The van der Waals surface area contributed by atoms with Gasteiger partial charge in [-0.05, 0) is 60.3 Å². The molecule has 10 heteroatoms. The van der Waals surface area contributed by atoms with Crippen LogP contribution >= 0.6 is 11.8 Å². The molecule has 2 aromatic carbocycles. The lowest BCUT2D eigenvalue weighted by atomic mass is 10.2. The summed E-state index contributed by atoms with van der Waals surface area (Å²) in [5.41, 5.74) is 1.16. The highest BCUT2D eigenvalue weighted by Crippen LogP contribution is 2.32. The topological polar surface area (TPSA) is 109 Å². The van der Waals surface area contributed by atoms with Gasteiger partial charge in [-0.1, -0.05) is 18.2 Å². The van der Waals surface area contributed by atoms with Crippen molar-refractivity contribution in [3.63, 3.8) is 0 Å². The lowest BCUT2D eigenvalue weighted by molar-refractivity contribution is -0.127. The lowest BCUT2D eigenvalue weighted by Gasteiger charge is -2.12. The maximum atomic E-state index is 13.7. The van der Waals surface area contributed by atoms with Gasteiger partial charge < -0.3 is 15.0 Å². The molecule has 2 heterocycles. The first kappa shape index (κ1) is 22.0. The van der Waals surface area contributed by atoms with Gasteiger partial charge in [-0.25, -0.2) is 9.18 Å². The molecule has 1 aliphatic rings. The van der Waals surface area contributed by atoms with Crippen LogP contribution in [0.4, 0.5) is 14.9 Å². The molecule has 0 saturated carbocycles. The Labute approximate surface area is 191 Å². The Morgan fingerprint density at radius 3 is 2.61 bits per heavy atom. The van der Waals surface area contributed by atoms with Crippen LogP contribution in [0.15, 0.2) is 71.8 Å². The van der Waals surface area contributed by atoms with Crippen LogP contribution in [0, 0.1) is 5.82 Å². The van der Waals surface area contributed by atoms with Gasteiger partial charge in [-0.3, -0.25) is 19.3 Å². The van der Waals surface area contributed by atoms with Crippen molar-refractivity contribution in [1.82, 2.24) is 9.47 Å². The number of carboxylic acids is 1. The fourth-order valence-corrected chi connectivity index (χ4v) is 4.03. The molecule has 1 fully saturated rings. The number of carboxylic acid groups (broad SMARTS) is 1. The number of amides is 3. The number of carbonyl (C=O) groups is 4. The van der Waals surface area contributed by atoms with Crippen molar-refractivity contribution in [3.8, 4) is 5.69 Å². The first-order valence-electron chi connectivity index (χ1n) is 9.64. The van der Waals surface area contributed by atoms with Crippen molar-refractivity contribution in [3.05, 3.63) is 88.8 Å². The van der Waals surface area contributed by atoms with Crippen LogP contribution in [0.25, 0.3) is 11.8 Å². The molecule has 0 radical (unpaired) electrons. The average molecular weight is 465 g/mol. The van der Waals surface area contributed by atoms with Gasteiger partial charge in [-0.15, -0.1) is 0 Å². The fourth-order valence-electron chi connectivity index (χ4n) is 3.20. The van der Waals surface area contributed by atoms with Gasteiger partial charge in [0.05, 0.1) is 16.2 Å². The van der Waals surface area contributed by atoms with E-state index in [2.05, 4.69) is 5.32 Å². The Bertz CT molecular complexity index is 1320. The number of benzene rings is 2. The molecule has 3 aromatic rings.